The first kappa shape index (κ1) is 49.1. The third kappa shape index (κ3) is 7.55. The van der Waals surface area contributed by atoms with Crippen LogP contribution in [-0.4, -0.2) is 11.3 Å². The van der Waals surface area contributed by atoms with Crippen LogP contribution in [-0.2, 0) is 16.2 Å². The van der Waals surface area contributed by atoms with Gasteiger partial charge in [-0.1, -0.05) is 154 Å². The maximum atomic E-state index is 6.57. The second kappa shape index (κ2) is 17.1. The van der Waals surface area contributed by atoms with Crippen molar-refractivity contribution in [3.05, 3.63) is 213 Å². The number of furan rings is 1. The van der Waals surface area contributed by atoms with Crippen molar-refractivity contribution in [3.63, 3.8) is 0 Å². The Morgan fingerprint density at radius 3 is 1.63 bits per heavy atom. The van der Waals surface area contributed by atoms with Gasteiger partial charge in [0.25, 0.3) is 6.71 Å². The van der Waals surface area contributed by atoms with Gasteiger partial charge in [0.1, 0.15) is 11.0 Å². The topological polar surface area (TPSA) is 24.6 Å². The summed E-state index contributed by atoms with van der Waals surface area (Å²) in [6.45, 7) is 41.2. The molecule has 378 valence electrons. The number of hydrogen-bond donors (Lipinski definition) is 0. The molecule has 8 aromatic carbocycles. The number of fused-ring (bicyclic) bond motifs is 8. The number of anilines is 6. The Labute approximate surface area is 450 Å². The van der Waals surface area contributed by atoms with Gasteiger partial charge in [-0.3, -0.25) is 0 Å². The van der Waals surface area contributed by atoms with Gasteiger partial charge in [0.15, 0.2) is 0 Å². The summed E-state index contributed by atoms with van der Waals surface area (Å²) in [5, 5.41) is 4.41. The number of aromatic nitrogens is 1. The van der Waals surface area contributed by atoms with Gasteiger partial charge in [-0.2, -0.15) is 0 Å². The summed E-state index contributed by atoms with van der Waals surface area (Å²) in [5.41, 5.74) is 28.2. The van der Waals surface area contributed by atoms with Gasteiger partial charge in [0, 0.05) is 55.4 Å². The summed E-state index contributed by atoms with van der Waals surface area (Å²) < 4.78 is 9.06. The van der Waals surface area contributed by atoms with Crippen LogP contribution in [0.2, 0.25) is 0 Å². The summed E-state index contributed by atoms with van der Waals surface area (Å²) in [7, 11) is 0. The first-order chi connectivity index (χ1) is 36.0. The van der Waals surface area contributed by atoms with Gasteiger partial charge in [0.2, 0.25) is 0 Å². The lowest BCUT2D eigenvalue weighted by Crippen LogP contribution is -2.61. The van der Waals surface area contributed by atoms with Gasteiger partial charge in [-0.05, 0) is 184 Å². The zero-order valence-electron chi connectivity index (χ0n) is 47.1. The molecule has 10 aromatic rings. The summed E-state index contributed by atoms with van der Waals surface area (Å²) in [6.07, 6.45) is 1.93. The average Bonchev–Trinajstić information content (AvgIpc) is 3.98. The molecule has 4 nitrogen and oxygen atoms in total. The van der Waals surface area contributed by atoms with Crippen molar-refractivity contribution in [2.45, 2.75) is 113 Å². The average molecular weight is 992 g/mol. The number of aryl methyl sites for hydroxylation is 5. The molecule has 2 aliphatic rings. The number of nitrogens with zero attached hydrogens (tertiary/aromatic N) is 3. The molecule has 0 atom stereocenters. The molecule has 76 heavy (non-hydrogen) atoms. The Morgan fingerprint density at radius 1 is 0.500 bits per heavy atom. The van der Waals surface area contributed by atoms with E-state index in [1.54, 1.807) is 0 Å². The SMILES string of the molecule is C=C/C(c1cc(C)c(N2c3cc4c(cc3B3c5ccc(C(C)(C)C)cc5N(c5c(C)cc(C(C)(C)C)cc5C)c5cc(C)cc2c53)c2cc(C(C)(C)C)ccc2n4-c2ccccc2)c(C)c1)=c1/oc2ccccc2c1=C. The van der Waals surface area contributed by atoms with Crippen LogP contribution in [0, 0.1) is 34.6 Å². The third-order valence-electron chi connectivity index (χ3n) is 16.6. The quantitative estimate of drug-likeness (QED) is 0.161. The zero-order chi connectivity index (χ0) is 53.7. The van der Waals surface area contributed by atoms with E-state index in [9.17, 15) is 0 Å². The van der Waals surface area contributed by atoms with Gasteiger partial charge in [-0.25, -0.2) is 0 Å². The Bertz CT molecular complexity index is 4180. The lowest BCUT2D eigenvalue weighted by Gasteiger charge is -2.46. The van der Waals surface area contributed by atoms with E-state index in [2.05, 4.69) is 246 Å². The zero-order valence-corrected chi connectivity index (χ0v) is 47.1. The van der Waals surface area contributed by atoms with Gasteiger partial charge in [0.05, 0.1) is 22.4 Å². The molecule has 12 rings (SSSR count). The largest absolute Gasteiger partial charge is 0.455 e. The molecule has 2 aliphatic heterocycles. The molecule has 2 aromatic heterocycles. The van der Waals surface area contributed by atoms with E-state index in [-0.39, 0.29) is 23.0 Å². The minimum atomic E-state index is -0.0693. The van der Waals surface area contributed by atoms with Crippen LogP contribution in [0.1, 0.15) is 112 Å². The van der Waals surface area contributed by atoms with Crippen LogP contribution >= 0.6 is 0 Å². The number of allylic oxidation sites excluding steroid dienone is 1. The second-order valence-corrected chi connectivity index (χ2v) is 25.1. The van der Waals surface area contributed by atoms with Crippen LogP contribution in [0.4, 0.5) is 34.1 Å². The maximum absolute atomic E-state index is 6.57. The number of rotatable bonds is 5. The normalized spacial score (nSPS) is 13.9. The van der Waals surface area contributed by atoms with Gasteiger partial charge < -0.3 is 18.8 Å². The first-order valence-electron chi connectivity index (χ1n) is 27.2. The van der Waals surface area contributed by atoms with Crippen molar-refractivity contribution >= 4 is 102 Å². The minimum Gasteiger partial charge on any atom is -0.455 e. The highest BCUT2D eigenvalue weighted by molar-refractivity contribution is 7.00. The van der Waals surface area contributed by atoms with E-state index in [0.717, 1.165) is 55.2 Å². The molecular weight excluding hydrogens is 922 g/mol. The van der Waals surface area contributed by atoms with E-state index < -0.39 is 0 Å². The molecule has 0 saturated heterocycles. The fourth-order valence-electron chi connectivity index (χ4n) is 12.8. The summed E-state index contributed by atoms with van der Waals surface area (Å²) >= 11 is 0. The number of benzene rings is 8. The first-order valence-corrected chi connectivity index (χ1v) is 27.2. The van der Waals surface area contributed by atoms with Crippen LogP contribution < -0.4 is 36.8 Å². The predicted octanol–water partition coefficient (Wildman–Crippen LogP) is 15.8. The lowest BCUT2D eigenvalue weighted by molar-refractivity contribution is 0.573. The van der Waals surface area contributed by atoms with E-state index in [1.165, 1.54) is 100 Å². The second-order valence-electron chi connectivity index (χ2n) is 25.1. The molecular formula is C71H70BN3O. The molecule has 0 radical (unpaired) electrons. The highest BCUT2D eigenvalue weighted by atomic mass is 16.3. The lowest BCUT2D eigenvalue weighted by atomic mass is 9.33. The van der Waals surface area contributed by atoms with E-state index in [1.807, 2.05) is 24.3 Å². The van der Waals surface area contributed by atoms with Crippen molar-refractivity contribution in [2.75, 3.05) is 9.80 Å². The highest BCUT2D eigenvalue weighted by Crippen LogP contribution is 2.50. The summed E-state index contributed by atoms with van der Waals surface area (Å²) in [6, 6.07) is 53.1. The van der Waals surface area contributed by atoms with Crippen molar-refractivity contribution in [3.8, 4) is 5.69 Å². The Morgan fingerprint density at radius 2 is 1.04 bits per heavy atom. The molecule has 0 aliphatic carbocycles. The van der Waals surface area contributed by atoms with Crippen molar-refractivity contribution < 1.29 is 4.42 Å². The molecule has 0 fully saturated rings. The Balaban J connectivity index is 1.22. The number of para-hydroxylation sites is 2. The summed E-state index contributed by atoms with van der Waals surface area (Å²) in [5.74, 6) is 0. The third-order valence-corrected chi connectivity index (χ3v) is 16.6. The summed E-state index contributed by atoms with van der Waals surface area (Å²) in [4.78, 5) is 5.26. The van der Waals surface area contributed by atoms with Crippen LogP contribution in [0.5, 0.6) is 0 Å². The Kier molecular flexibility index (Phi) is 11.1. The van der Waals surface area contributed by atoms with Gasteiger partial charge >= 0.3 is 0 Å². The van der Waals surface area contributed by atoms with Crippen LogP contribution in [0.25, 0.3) is 50.6 Å². The molecule has 0 N–H and O–H groups in total. The molecule has 0 amide bonds. The van der Waals surface area contributed by atoms with Crippen molar-refractivity contribution in [2.24, 2.45) is 0 Å². The number of hydrogen-bond acceptors (Lipinski definition) is 3. The van der Waals surface area contributed by atoms with Gasteiger partial charge in [-0.15, -0.1) is 0 Å². The Hall–Kier alpha value is -7.76. The molecule has 0 saturated carbocycles. The van der Waals surface area contributed by atoms with E-state index >= 15 is 0 Å². The maximum Gasteiger partial charge on any atom is 0.252 e. The molecule has 0 bridgehead atoms. The minimum absolute atomic E-state index is 0.00489. The van der Waals surface area contributed by atoms with Crippen molar-refractivity contribution in [1.82, 2.24) is 4.57 Å². The fraction of sp³-hybridized carbons (Fsp3) is 0.239. The molecule has 0 spiro atoms. The monoisotopic (exact) mass is 992 g/mol. The van der Waals surface area contributed by atoms with Crippen LogP contribution in [0.3, 0.4) is 0 Å². The predicted molar refractivity (Wildman–Crippen MR) is 328 cm³/mol. The van der Waals surface area contributed by atoms with Crippen molar-refractivity contribution in [1.29, 1.82) is 0 Å². The standard InChI is InChI=1S/C71H70BN3O/c1-17-52(68-46(7)53-25-21-22-26-64(53)76-68)47-33-42(3)66(43(4)34-47)75-61-40-59-55(54-37-48(69(8,9)10)28-30-58(54)73(59)51-23-19-18-20-24-51)39-57(61)72-56-29-27-49(70(11,12)13)38-60(56)74(62-31-41(2)32-63(75)65(62)72)67-44(5)35-50(36-45(67)6)71(14,15)16/h17-40H,1,7H2,2-6,8-16H3/b68-52-. The molecule has 0 unspecified atom stereocenters. The van der Waals surface area contributed by atoms with E-state index in [4.69, 9.17) is 4.42 Å². The smallest absolute Gasteiger partial charge is 0.252 e. The van der Waals surface area contributed by atoms with Crippen LogP contribution in [0.15, 0.2) is 157 Å². The van der Waals surface area contributed by atoms with E-state index in [0.29, 0.717) is 0 Å². The molecule has 5 heteroatoms. The highest BCUT2D eigenvalue weighted by Gasteiger charge is 2.45. The fourth-order valence-corrected chi connectivity index (χ4v) is 12.8. The molecule has 4 heterocycles.